The first-order chi connectivity index (χ1) is 18.0. The average Bonchev–Trinajstić information content (AvgIpc) is 2.92. The van der Waals surface area contributed by atoms with Crippen molar-refractivity contribution >= 4 is 40.9 Å². The van der Waals surface area contributed by atoms with Gasteiger partial charge in [0.25, 0.3) is 5.91 Å². The fraction of sp³-hybridized carbons (Fsp3) is 0.0667. The molecule has 4 rings (SSSR count). The summed E-state index contributed by atoms with van der Waals surface area (Å²) in [5.41, 5.74) is 3.11. The van der Waals surface area contributed by atoms with E-state index in [0.717, 1.165) is 11.1 Å². The van der Waals surface area contributed by atoms with E-state index in [-0.39, 0.29) is 12.2 Å². The maximum absolute atomic E-state index is 12.7. The van der Waals surface area contributed by atoms with Gasteiger partial charge in [-0.15, -0.1) is 0 Å². The van der Waals surface area contributed by atoms with Crippen molar-refractivity contribution in [1.82, 2.24) is 0 Å². The van der Waals surface area contributed by atoms with E-state index in [0.29, 0.717) is 39.4 Å². The summed E-state index contributed by atoms with van der Waals surface area (Å²) in [4.78, 5) is 12.7. The van der Waals surface area contributed by atoms with Gasteiger partial charge < -0.3 is 14.8 Å². The molecule has 7 heteroatoms. The number of ether oxygens (including phenoxy) is 2. The molecule has 0 saturated carbocycles. The lowest BCUT2D eigenvalue weighted by molar-refractivity contribution is -0.112. The van der Waals surface area contributed by atoms with Crippen LogP contribution >= 0.6 is 23.2 Å². The van der Waals surface area contributed by atoms with Crippen LogP contribution in [0.3, 0.4) is 0 Å². The van der Waals surface area contributed by atoms with Crippen LogP contribution in [0.2, 0.25) is 10.0 Å². The monoisotopic (exact) mass is 528 g/mol. The second-order valence-electron chi connectivity index (χ2n) is 8.02. The molecule has 0 heterocycles. The summed E-state index contributed by atoms with van der Waals surface area (Å²) >= 11 is 12.1. The van der Waals surface area contributed by atoms with E-state index in [4.69, 9.17) is 32.7 Å². The molecular weight excluding hydrogens is 507 g/mol. The van der Waals surface area contributed by atoms with Gasteiger partial charge in [0.15, 0.2) is 0 Å². The Balaban J connectivity index is 1.32. The third kappa shape index (κ3) is 7.62. The van der Waals surface area contributed by atoms with Crippen molar-refractivity contribution in [3.63, 3.8) is 0 Å². The predicted molar refractivity (Wildman–Crippen MR) is 147 cm³/mol. The molecule has 37 heavy (non-hydrogen) atoms. The molecular formula is C30H22Cl2N2O3. The number of halogens is 2. The summed E-state index contributed by atoms with van der Waals surface area (Å²) in [5.74, 6) is 0.799. The van der Waals surface area contributed by atoms with Crippen LogP contribution in [0.25, 0.3) is 6.08 Å². The maximum Gasteiger partial charge on any atom is 0.266 e. The highest BCUT2D eigenvalue weighted by molar-refractivity contribution is 6.35. The Kier molecular flexibility index (Phi) is 8.83. The zero-order valence-corrected chi connectivity index (χ0v) is 21.2. The van der Waals surface area contributed by atoms with Crippen LogP contribution in [0, 0.1) is 11.3 Å². The third-order valence-corrected chi connectivity index (χ3v) is 5.91. The van der Waals surface area contributed by atoms with Crippen LogP contribution in [-0.2, 0) is 18.0 Å². The molecule has 0 unspecified atom stereocenters. The van der Waals surface area contributed by atoms with Gasteiger partial charge in [0.05, 0.1) is 0 Å². The van der Waals surface area contributed by atoms with Crippen molar-refractivity contribution in [3.8, 4) is 17.6 Å². The minimum Gasteiger partial charge on any atom is -0.489 e. The van der Waals surface area contributed by atoms with E-state index in [1.165, 1.54) is 6.08 Å². The van der Waals surface area contributed by atoms with E-state index in [1.54, 1.807) is 66.7 Å². The van der Waals surface area contributed by atoms with Gasteiger partial charge in [-0.25, -0.2) is 0 Å². The second kappa shape index (κ2) is 12.6. The third-order valence-electron chi connectivity index (χ3n) is 5.33. The van der Waals surface area contributed by atoms with Crippen molar-refractivity contribution in [1.29, 1.82) is 5.26 Å². The van der Waals surface area contributed by atoms with Crippen molar-refractivity contribution in [2.45, 2.75) is 13.2 Å². The fourth-order valence-corrected chi connectivity index (χ4v) is 3.81. The number of nitriles is 1. The van der Waals surface area contributed by atoms with Gasteiger partial charge in [-0.05, 0) is 65.7 Å². The minimum atomic E-state index is -0.506. The Morgan fingerprint density at radius 3 is 2.14 bits per heavy atom. The van der Waals surface area contributed by atoms with E-state index in [2.05, 4.69) is 5.32 Å². The van der Waals surface area contributed by atoms with Crippen molar-refractivity contribution in [3.05, 3.63) is 129 Å². The number of carbonyl (C=O) groups excluding carboxylic acids is 1. The molecule has 0 aromatic heterocycles. The van der Waals surface area contributed by atoms with Crippen LogP contribution in [0.15, 0.2) is 103 Å². The molecule has 0 aliphatic rings. The summed E-state index contributed by atoms with van der Waals surface area (Å²) in [6, 6.07) is 31.1. The Bertz CT molecular complexity index is 1430. The molecule has 0 aliphatic carbocycles. The number of nitrogens with zero attached hydrogens (tertiary/aromatic N) is 1. The number of amides is 1. The smallest absolute Gasteiger partial charge is 0.266 e. The molecule has 0 spiro atoms. The molecule has 0 saturated heterocycles. The van der Waals surface area contributed by atoms with Gasteiger partial charge in [-0.2, -0.15) is 5.26 Å². The van der Waals surface area contributed by atoms with Crippen molar-refractivity contribution in [2.75, 3.05) is 5.32 Å². The van der Waals surface area contributed by atoms with Gasteiger partial charge in [-0.1, -0.05) is 71.7 Å². The van der Waals surface area contributed by atoms with Crippen LogP contribution < -0.4 is 14.8 Å². The first-order valence-electron chi connectivity index (χ1n) is 11.4. The fourth-order valence-electron chi connectivity index (χ4n) is 3.35. The topological polar surface area (TPSA) is 71.3 Å². The number of nitrogens with one attached hydrogen (secondary N) is 1. The Hall–Kier alpha value is -4.24. The molecule has 184 valence electrons. The summed E-state index contributed by atoms with van der Waals surface area (Å²) < 4.78 is 11.5. The van der Waals surface area contributed by atoms with E-state index in [1.807, 2.05) is 36.4 Å². The molecule has 5 nitrogen and oxygen atoms in total. The van der Waals surface area contributed by atoms with Gasteiger partial charge in [0.1, 0.15) is 36.4 Å². The second-order valence-corrected chi connectivity index (χ2v) is 8.86. The molecule has 0 radical (unpaired) electrons. The lowest BCUT2D eigenvalue weighted by atomic mass is 10.1. The van der Waals surface area contributed by atoms with Crippen LogP contribution in [0.1, 0.15) is 16.7 Å². The number of hydrogen-bond acceptors (Lipinski definition) is 4. The van der Waals surface area contributed by atoms with Crippen molar-refractivity contribution < 1.29 is 14.3 Å². The first kappa shape index (κ1) is 25.8. The number of hydrogen-bond donors (Lipinski definition) is 1. The summed E-state index contributed by atoms with van der Waals surface area (Å²) in [6.45, 7) is 0.736. The number of benzene rings is 4. The molecule has 0 atom stereocenters. The van der Waals surface area contributed by atoms with Crippen LogP contribution in [0.5, 0.6) is 11.5 Å². The number of anilines is 1. The Morgan fingerprint density at radius 1 is 0.838 bits per heavy atom. The summed E-state index contributed by atoms with van der Waals surface area (Å²) in [6.07, 6.45) is 1.53. The SMILES string of the molecule is N#C/C(=C\c1ccc(OCc2ccccc2)cc1)C(=O)Nc1ccc(OCc2ccc(Cl)cc2Cl)cc1. The van der Waals surface area contributed by atoms with Crippen LogP contribution in [-0.4, -0.2) is 5.91 Å². The number of carbonyl (C=O) groups is 1. The van der Waals surface area contributed by atoms with Gasteiger partial charge >= 0.3 is 0 Å². The normalized spacial score (nSPS) is 10.9. The maximum atomic E-state index is 12.7. The molecule has 1 N–H and O–H groups in total. The molecule has 4 aromatic carbocycles. The van der Waals surface area contributed by atoms with E-state index < -0.39 is 5.91 Å². The zero-order chi connectivity index (χ0) is 26.0. The highest BCUT2D eigenvalue weighted by Gasteiger charge is 2.10. The van der Waals surface area contributed by atoms with Gasteiger partial charge in [0, 0.05) is 21.3 Å². The zero-order valence-electron chi connectivity index (χ0n) is 19.7. The lowest BCUT2D eigenvalue weighted by Crippen LogP contribution is -2.13. The molecule has 0 fully saturated rings. The quantitative estimate of drug-likeness (QED) is 0.178. The van der Waals surface area contributed by atoms with E-state index >= 15 is 0 Å². The van der Waals surface area contributed by atoms with Gasteiger partial charge in [-0.3, -0.25) is 4.79 Å². The molecule has 4 aromatic rings. The summed E-state index contributed by atoms with van der Waals surface area (Å²) in [5, 5.41) is 13.3. The Morgan fingerprint density at radius 2 is 1.49 bits per heavy atom. The van der Waals surface area contributed by atoms with Gasteiger partial charge in [0.2, 0.25) is 0 Å². The predicted octanol–water partition coefficient (Wildman–Crippen LogP) is 7.70. The molecule has 0 aliphatic heterocycles. The van der Waals surface area contributed by atoms with Crippen LogP contribution in [0.4, 0.5) is 5.69 Å². The molecule has 0 bridgehead atoms. The lowest BCUT2D eigenvalue weighted by Gasteiger charge is -2.10. The highest BCUT2D eigenvalue weighted by Crippen LogP contribution is 2.24. The minimum absolute atomic E-state index is 0.0179. The Labute approximate surface area is 225 Å². The molecule has 1 amide bonds. The largest absolute Gasteiger partial charge is 0.489 e. The average molecular weight is 529 g/mol. The first-order valence-corrected chi connectivity index (χ1v) is 12.1. The summed E-state index contributed by atoms with van der Waals surface area (Å²) in [7, 11) is 0. The highest BCUT2D eigenvalue weighted by atomic mass is 35.5. The van der Waals surface area contributed by atoms with E-state index in [9.17, 15) is 10.1 Å². The van der Waals surface area contributed by atoms with Crippen molar-refractivity contribution in [2.24, 2.45) is 0 Å². The number of rotatable bonds is 9. The standard InChI is InChI=1S/C30H22Cl2N2O3/c31-25-9-8-23(29(32)17-25)20-37-28-14-10-26(11-15-28)34-30(35)24(18-33)16-21-6-12-27(13-7-21)36-19-22-4-2-1-3-5-22/h1-17H,19-20H2,(H,34,35)/b24-16+.